The highest BCUT2D eigenvalue weighted by Crippen LogP contribution is 2.34. The van der Waals surface area contributed by atoms with E-state index in [1.807, 2.05) is 0 Å². The number of aromatic nitrogens is 1. The summed E-state index contributed by atoms with van der Waals surface area (Å²) in [6.45, 7) is -0.123. The third kappa shape index (κ3) is 6.54. The smallest absolute Gasteiger partial charge is 0.305 e. The average molecular weight is 581 g/mol. The van der Waals surface area contributed by atoms with E-state index in [2.05, 4.69) is 21.7 Å². The van der Waals surface area contributed by atoms with Gasteiger partial charge in [-0.05, 0) is 53.6 Å². The zero-order valence-corrected chi connectivity index (χ0v) is 22.2. The number of nitriles is 1. The summed E-state index contributed by atoms with van der Waals surface area (Å²) in [4.78, 5) is 27.6. The first-order chi connectivity index (χ1) is 19.2. The maximum atomic E-state index is 14.4. The minimum Gasteiger partial charge on any atom is -0.481 e. The molecule has 40 heavy (non-hydrogen) atoms. The number of nitrogens with one attached hydrogen (secondary N) is 2. The van der Waals surface area contributed by atoms with Crippen LogP contribution in [0, 0.1) is 23.0 Å². The minimum atomic E-state index is -1.11. The highest BCUT2D eigenvalue weighted by molar-refractivity contribution is 6.36. The van der Waals surface area contributed by atoms with E-state index in [-0.39, 0.29) is 36.3 Å². The Labute approximate surface area is 238 Å². The van der Waals surface area contributed by atoms with E-state index in [1.165, 1.54) is 12.3 Å². The Bertz CT molecular complexity index is 1660. The van der Waals surface area contributed by atoms with Gasteiger partial charge in [0.25, 0.3) is 5.91 Å². The number of carbonyl (C=O) groups excluding carboxylic acids is 1. The van der Waals surface area contributed by atoms with Crippen LogP contribution in [0.15, 0.2) is 66.9 Å². The fraction of sp³-hybridized carbons (Fsp3) is 0.103. The predicted octanol–water partition coefficient (Wildman–Crippen LogP) is 6.69. The van der Waals surface area contributed by atoms with E-state index in [1.54, 1.807) is 42.5 Å². The molecular weight excluding hydrogens is 561 g/mol. The molecule has 0 atom stereocenters. The van der Waals surface area contributed by atoms with E-state index >= 15 is 0 Å². The van der Waals surface area contributed by atoms with Crippen molar-refractivity contribution in [3.63, 3.8) is 0 Å². The molecule has 0 saturated carbocycles. The minimum absolute atomic E-state index is 0.00736. The second kappa shape index (κ2) is 12.6. The number of hydrogen-bond donors (Lipinski definition) is 3. The third-order valence-corrected chi connectivity index (χ3v) is 6.48. The standard InChI is InChI=1S/C29H20Cl2F2N4O3/c30-18-3-5-21(24(31)12-18)20-6-4-19(10-16(20)14-34)37-15-17-11-25(32)26(33)13-23(17)22-2-1-8-35-28(22)29(40)36-9-7-27(38)39/h1-6,8,10-13,37H,7,9,15H2,(H,36,40)(H,38,39). The lowest BCUT2D eigenvalue weighted by molar-refractivity contribution is -0.136. The number of halogens is 4. The Kier molecular flexibility index (Phi) is 8.94. The molecule has 0 aliphatic heterocycles. The molecule has 1 amide bonds. The maximum absolute atomic E-state index is 14.4. The molecular formula is C29H20Cl2F2N4O3. The van der Waals surface area contributed by atoms with Crippen LogP contribution in [0.1, 0.15) is 28.0 Å². The van der Waals surface area contributed by atoms with Crippen LogP contribution in [-0.4, -0.2) is 28.5 Å². The maximum Gasteiger partial charge on any atom is 0.305 e. The summed E-state index contributed by atoms with van der Waals surface area (Å²) in [7, 11) is 0. The zero-order valence-electron chi connectivity index (χ0n) is 20.6. The van der Waals surface area contributed by atoms with Gasteiger partial charge in [0.1, 0.15) is 5.69 Å². The van der Waals surface area contributed by atoms with Gasteiger partial charge in [0.2, 0.25) is 0 Å². The molecule has 0 aliphatic carbocycles. The molecule has 0 spiro atoms. The summed E-state index contributed by atoms with van der Waals surface area (Å²) in [5.74, 6) is -3.94. The van der Waals surface area contributed by atoms with Crippen molar-refractivity contribution in [3.8, 4) is 28.3 Å². The van der Waals surface area contributed by atoms with E-state index in [0.29, 0.717) is 38.0 Å². The van der Waals surface area contributed by atoms with Crippen LogP contribution < -0.4 is 10.6 Å². The number of rotatable bonds is 9. The number of anilines is 1. The molecule has 1 aromatic heterocycles. The van der Waals surface area contributed by atoms with Gasteiger partial charge in [-0.25, -0.2) is 8.78 Å². The van der Waals surface area contributed by atoms with Crippen molar-refractivity contribution in [1.82, 2.24) is 10.3 Å². The summed E-state index contributed by atoms with van der Waals surface area (Å²) in [6, 6.07) is 17.2. The van der Waals surface area contributed by atoms with Crippen LogP contribution in [-0.2, 0) is 11.3 Å². The van der Waals surface area contributed by atoms with E-state index in [9.17, 15) is 23.6 Å². The van der Waals surface area contributed by atoms with E-state index < -0.39 is 23.5 Å². The molecule has 202 valence electrons. The van der Waals surface area contributed by atoms with E-state index in [0.717, 1.165) is 12.1 Å². The number of pyridine rings is 1. The summed E-state index contributed by atoms with van der Waals surface area (Å²) in [6.07, 6.45) is 1.08. The highest BCUT2D eigenvalue weighted by atomic mass is 35.5. The molecule has 3 N–H and O–H groups in total. The Morgan fingerprint density at radius 1 is 0.950 bits per heavy atom. The SMILES string of the molecule is N#Cc1cc(NCc2cc(F)c(F)cc2-c2cccnc2C(=O)NCCC(=O)O)ccc1-c1ccc(Cl)cc1Cl. The molecule has 0 fully saturated rings. The quantitative estimate of drug-likeness (QED) is 0.203. The van der Waals surface area contributed by atoms with Gasteiger partial charge in [0.05, 0.1) is 18.1 Å². The predicted molar refractivity (Wildman–Crippen MR) is 148 cm³/mol. The van der Waals surface area contributed by atoms with Crippen molar-refractivity contribution in [3.05, 3.63) is 105 Å². The number of hydrogen-bond acceptors (Lipinski definition) is 5. The molecule has 1 heterocycles. The third-order valence-electron chi connectivity index (χ3n) is 5.93. The molecule has 11 heteroatoms. The van der Waals surface area contributed by atoms with Crippen LogP contribution in [0.4, 0.5) is 14.5 Å². The summed E-state index contributed by atoms with van der Waals surface area (Å²) in [5.41, 5.74) is 2.77. The molecule has 7 nitrogen and oxygen atoms in total. The van der Waals surface area contributed by atoms with Gasteiger partial charge in [-0.2, -0.15) is 5.26 Å². The molecule has 0 saturated heterocycles. The van der Waals surface area contributed by atoms with E-state index in [4.69, 9.17) is 28.3 Å². The number of benzene rings is 3. The summed E-state index contributed by atoms with van der Waals surface area (Å²) >= 11 is 12.3. The van der Waals surface area contributed by atoms with Gasteiger partial charge in [-0.3, -0.25) is 14.6 Å². The first kappa shape index (κ1) is 28.5. The monoisotopic (exact) mass is 580 g/mol. The average Bonchev–Trinajstić information content (AvgIpc) is 2.93. The largest absolute Gasteiger partial charge is 0.481 e. The van der Waals surface area contributed by atoms with Gasteiger partial charge in [0, 0.05) is 51.7 Å². The molecule has 3 aromatic carbocycles. The second-order valence-electron chi connectivity index (χ2n) is 8.57. The number of amides is 1. The number of carboxylic acids is 1. The Morgan fingerprint density at radius 3 is 2.42 bits per heavy atom. The van der Waals surface area contributed by atoms with Crippen molar-refractivity contribution in [1.29, 1.82) is 5.26 Å². The molecule has 0 bridgehead atoms. The number of nitrogens with zero attached hydrogens (tertiary/aromatic N) is 2. The van der Waals surface area contributed by atoms with Crippen molar-refractivity contribution in [2.45, 2.75) is 13.0 Å². The van der Waals surface area contributed by atoms with Crippen LogP contribution in [0.5, 0.6) is 0 Å². The van der Waals surface area contributed by atoms with Crippen LogP contribution in [0.2, 0.25) is 10.0 Å². The van der Waals surface area contributed by atoms with Gasteiger partial charge >= 0.3 is 5.97 Å². The molecule has 4 aromatic rings. The Balaban J connectivity index is 1.64. The fourth-order valence-corrected chi connectivity index (χ4v) is 4.55. The van der Waals surface area contributed by atoms with Crippen molar-refractivity contribution in [2.75, 3.05) is 11.9 Å². The first-order valence-corrected chi connectivity index (χ1v) is 12.6. The lowest BCUT2D eigenvalue weighted by atomic mass is 9.97. The normalized spacial score (nSPS) is 10.6. The number of carboxylic acid groups (broad SMARTS) is 1. The lowest BCUT2D eigenvalue weighted by Gasteiger charge is -2.16. The lowest BCUT2D eigenvalue weighted by Crippen LogP contribution is -2.27. The molecule has 4 rings (SSSR count). The zero-order chi connectivity index (χ0) is 28.8. The summed E-state index contributed by atoms with van der Waals surface area (Å²) in [5, 5.41) is 25.0. The number of carbonyl (C=O) groups is 2. The highest BCUT2D eigenvalue weighted by Gasteiger charge is 2.19. The Morgan fingerprint density at radius 2 is 1.70 bits per heavy atom. The van der Waals surface area contributed by atoms with Crippen molar-refractivity contribution in [2.24, 2.45) is 0 Å². The second-order valence-corrected chi connectivity index (χ2v) is 9.42. The number of aliphatic carboxylic acids is 1. The van der Waals surface area contributed by atoms with Gasteiger partial charge in [-0.15, -0.1) is 0 Å². The summed E-state index contributed by atoms with van der Waals surface area (Å²) < 4.78 is 28.7. The molecule has 0 radical (unpaired) electrons. The molecule has 0 aliphatic rings. The van der Waals surface area contributed by atoms with Crippen molar-refractivity contribution < 1.29 is 23.5 Å². The first-order valence-electron chi connectivity index (χ1n) is 11.8. The van der Waals surface area contributed by atoms with Gasteiger partial charge in [0.15, 0.2) is 11.6 Å². The van der Waals surface area contributed by atoms with Crippen LogP contribution in [0.3, 0.4) is 0 Å². The molecule has 0 unspecified atom stereocenters. The van der Waals surface area contributed by atoms with Gasteiger partial charge in [-0.1, -0.05) is 41.4 Å². The van der Waals surface area contributed by atoms with Crippen molar-refractivity contribution >= 4 is 40.8 Å². The van der Waals surface area contributed by atoms with Crippen LogP contribution in [0.25, 0.3) is 22.3 Å². The fourth-order valence-electron chi connectivity index (χ4n) is 4.04. The van der Waals surface area contributed by atoms with Gasteiger partial charge < -0.3 is 15.7 Å². The van der Waals surface area contributed by atoms with Crippen LogP contribution >= 0.6 is 23.2 Å². The Hall–Kier alpha value is -4.52. The topological polar surface area (TPSA) is 115 Å².